The molecule has 0 radical (unpaired) electrons. The molecule has 8 heteroatoms. The summed E-state index contributed by atoms with van der Waals surface area (Å²) in [6.45, 7) is 1.92. The van der Waals surface area contributed by atoms with Gasteiger partial charge in [0.05, 0.1) is 22.1 Å². The van der Waals surface area contributed by atoms with Gasteiger partial charge in [-0.1, -0.05) is 23.7 Å². The van der Waals surface area contributed by atoms with E-state index in [1.54, 1.807) is 13.0 Å². The van der Waals surface area contributed by atoms with Crippen LogP contribution < -0.4 is 5.32 Å². The van der Waals surface area contributed by atoms with Gasteiger partial charge in [0.15, 0.2) is 0 Å². The first-order valence-electron chi connectivity index (χ1n) is 7.61. The SMILES string of the molecule is CCOC(=O)c1ccc(NC(=O)/C=C/c2cccc([N+](=O)[O-])c2)cc1Cl. The molecule has 2 aromatic carbocycles. The lowest BCUT2D eigenvalue weighted by Gasteiger charge is -2.07. The van der Waals surface area contributed by atoms with Gasteiger partial charge < -0.3 is 10.1 Å². The van der Waals surface area contributed by atoms with Crippen molar-refractivity contribution in [2.75, 3.05) is 11.9 Å². The molecule has 1 N–H and O–H groups in total. The Kier molecular flexibility index (Phi) is 6.46. The van der Waals surface area contributed by atoms with Gasteiger partial charge in [-0.25, -0.2) is 4.79 Å². The van der Waals surface area contributed by atoms with E-state index in [9.17, 15) is 19.7 Å². The first-order valence-corrected chi connectivity index (χ1v) is 7.98. The molecule has 0 aliphatic heterocycles. The summed E-state index contributed by atoms with van der Waals surface area (Å²) in [7, 11) is 0. The second-order valence-electron chi connectivity index (χ2n) is 5.09. The van der Waals surface area contributed by atoms with E-state index < -0.39 is 16.8 Å². The van der Waals surface area contributed by atoms with Crippen LogP contribution >= 0.6 is 11.6 Å². The fourth-order valence-electron chi connectivity index (χ4n) is 2.07. The van der Waals surface area contributed by atoms with Crippen LogP contribution in [0.5, 0.6) is 0 Å². The molecule has 2 aromatic rings. The van der Waals surface area contributed by atoms with Gasteiger partial charge >= 0.3 is 5.97 Å². The fraction of sp³-hybridized carbons (Fsp3) is 0.111. The number of benzene rings is 2. The Balaban J connectivity index is 2.06. The van der Waals surface area contributed by atoms with Gasteiger partial charge in [-0.05, 0) is 36.8 Å². The van der Waals surface area contributed by atoms with Crippen molar-refractivity contribution < 1.29 is 19.2 Å². The maximum absolute atomic E-state index is 12.0. The average Bonchev–Trinajstić information content (AvgIpc) is 2.60. The van der Waals surface area contributed by atoms with Gasteiger partial charge in [0.1, 0.15) is 0 Å². The summed E-state index contributed by atoms with van der Waals surface area (Å²) in [6.07, 6.45) is 2.70. The van der Waals surface area contributed by atoms with Crippen LogP contribution in [0.1, 0.15) is 22.8 Å². The molecule has 134 valence electrons. The number of non-ortho nitro benzene ring substituents is 1. The second kappa shape index (κ2) is 8.77. The van der Waals surface area contributed by atoms with Crippen molar-refractivity contribution in [3.8, 4) is 0 Å². The van der Waals surface area contributed by atoms with Crippen molar-refractivity contribution in [1.82, 2.24) is 0 Å². The number of rotatable bonds is 6. The second-order valence-corrected chi connectivity index (χ2v) is 5.50. The highest BCUT2D eigenvalue weighted by molar-refractivity contribution is 6.34. The molecule has 0 bridgehead atoms. The number of ether oxygens (including phenoxy) is 1. The Hall–Kier alpha value is -3.19. The summed E-state index contributed by atoms with van der Waals surface area (Å²) in [6, 6.07) is 10.3. The maximum atomic E-state index is 12.0. The van der Waals surface area contributed by atoms with Gasteiger partial charge in [-0.2, -0.15) is 0 Å². The molecule has 0 saturated carbocycles. The van der Waals surface area contributed by atoms with Crippen LogP contribution in [0.25, 0.3) is 6.08 Å². The summed E-state index contributed by atoms with van der Waals surface area (Å²) in [5, 5.41) is 13.5. The van der Waals surface area contributed by atoms with Crippen LogP contribution in [0.3, 0.4) is 0 Å². The number of nitro groups is 1. The Morgan fingerprint density at radius 3 is 2.69 bits per heavy atom. The lowest BCUT2D eigenvalue weighted by atomic mass is 10.2. The minimum atomic E-state index is -0.541. The van der Waals surface area contributed by atoms with Crippen molar-refractivity contribution >= 4 is 40.9 Å². The Morgan fingerprint density at radius 2 is 2.04 bits per heavy atom. The summed E-state index contributed by atoms with van der Waals surface area (Å²) in [4.78, 5) is 33.9. The van der Waals surface area contributed by atoms with Crippen LogP contribution in [0, 0.1) is 10.1 Å². The molecule has 0 aliphatic rings. The number of halogens is 1. The van der Waals surface area contributed by atoms with E-state index in [1.165, 1.54) is 48.6 Å². The minimum Gasteiger partial charge on any atom is -0.462 e. The largest absolute Gasteiger partial charge is 0.462 e. The Bertz CT molecular complexity index is 880. The number of amides is 1. The van der Waals surface area contributed by atoms with Gasteiger partial charge in [-0.3, -0.25) is 14.9 Å². The van der Waals surface area contributed by atoms with E-state index >= 15 is 0 Å². The molecule has 1 amide bonds. The lowest BCUT2D eigenvalue weighted by Crippen LogP contribution is -2.09. The van der Waals surface area contributed by atoms with E-state index in [0.29, 0.717) is 11.3 Å². The van der Waals surface area contributed by atoms with Gasteiger partial charge in [-0.15, -0.1) is 0 Å². The summed E-state index contributed by atoms with van der Waals surface area (Å²) >= 11 is 6.03. The monoisotopic (exact) mass is 374 g/mol. The highest BCUT2D eigenvalue weighted by Gasteiger charge is 2.12. The molecule has 0 heterocycles. The number of nitrogens with zero attached hydrogens (tertiary/aromatic N) is 1. The predicted molar refractivity (Wildman–Crippen MR) is 98.2 cm³/mol. The van der Waals surface area contributed by atoms with E-state index in [-0.39, 0.29) is 22.9 Å². The standard InChI is InChI=1S/C18H15ClN2O5/c1-2-26-18(23)15-8-7-13(11-16(15)19)20-17(22)9-6-12-4-3-5-14(10-12)21(24)25/h3-11H,2H2,1H3,(H,20,22)/b9-6+. The third-order valence-electron chi connectivity index (χ3n) is 3.24. The first kappa shape index (κ1) is 19.1. The van der Waals surface area contributed by atoms with Crippen molar-refractivity contribution in [2.45, 2.75) is 6.92 Å². The lowest BCUT2D eigenvalue weighted by molar-refractivity contribution is -0.384. The van der Waals surface area contributed by atoms with Crippen LogP contribution in [0.15, 0.2) is 48.5 Å². The Morgan fingerprint density at radius 1 is 1.27 bits per heavy atom. The predicted octanol–water partition coefficient (Wildman–Crippen LogP) is 4.08. The van der Waals surface area contributed by atoms with Gasteiger partial charge in [0.25, 0.3) is 5.69 Å². The molecule has 0 unspecified atom stereocenters. The molecule has 0 fully saturated rings. The average molecular weight is 375 g/mol. The van der Waals surface area contributed by atoms with Crippen molar-refractivity contribution in [3.05, 3.63) is 74.8 Å². The highest BCUT2D eigenvalue weighted by atomic mass is 35.5. The van der Waals surface area contributed by atoms with Crippen LogP contribution in [0.2, 0.25) is 5.02 Å². The number of anilines is 1. The van der Waals surface area contributed by atoms with E-state index in [2.05, 4.69) is 5.32 Å². The first-order chi connectivity index (χ1) is 12.4. The van der Waals surface area contributed by atoms with E-state index in [0.717, 1.165) is 0 Å². The summed E-state index contributed by atoms with van der Waals surface area (Å²) in [5.74, 6) is -0.989. The zero-order valence-corrected chi connectivity index (χ0v) is 14.5. The number of hydrogen-bond donors (Lipinski definition) is 1. The van der Waals surface area contributed by atoms with Crippen molar-refractivity contribution in [1.29, 1.82) is 0 Å². The van der Waals surface area contributed by atoms with Crippen molar-refractivity contribution in [2.24, 2.45) is 0 Å². The molecule has 2 rings (SSSR count). The van der Waals surface area contributed by atoms with E-state index in [4.69, 9.17) is 16.3 Å². The molecule has 7 nitrogen and oxygen atoms in total. The summed E-state index contributed by atoms with van der Waals surface area (Å²) < 4.78 is 4.87. The van der Waals surface area contributed by atoms with Gasteiger partial charge in [0, 0.05) is 23.9 Å². The maximum Gasteiger partial charge on any atom is 0.339 e. The Labute approximate surface area is 154 Å². The normalized spacial score (nSPS) is 10.5. The van der Waals surface area contributed by atoms with Crippen molar-refractivity contribution in [3.63, 3.8) is 0 Å². The molecular formula is C18H15ClN2O5. The van der Waals surface area contributed by atoms with Gasteiger partial charge in [0.2, 0.25) is 5.91 Å². The number of nitrogens with one attached hydrogen (secondary N) is 1. The number of carbonyl (C=O) groups excluding carboxylic acids is 2. The highest BCUT2D eigenvalue weighted by Crippen LogP contribution is 2.22. The molecule has 0 aliphatic carbocycles. The number of esters is 1. The molecule has 0 atom stereocenters. The van der Waals surface area contributed by atoms with E-state index in [1.807, 2.05) is 0 Å². The van der Waals surface area contributed by atoms with Crippen LogP contribution in [-0.2, 0) is 9.53 Å². The fourth-order valence-corrected chi connectivity index (χ4v) is 2.32. The van der Waals surface area contributed by atoms with Crippen LogP contribution in [0.4, 0.5) is 11.4 Å². The third-order valence-corrected chi connectivity index (χ3v) is 3.55. The third kappa shape index (κ3) is 5.15. The molecule has 0 saturated heterocycles. The minimum absolute atomic E-state index is 0.0612. The smallest absolute Gasteiger partial charge is 0.339 e. The topological polar surface area (TPSA) is 98.5 Å². The summed E-state index contributed by atoms with van der Waals surface area (Å²) in [5.41, 5.74) is 1.06. The molecule has 0 aromatic heterocycles. The number of hydrogen-bond acceptors (Lipinski definition) is 5. The number of nitro benzene ring substituents is 1. The quantitative estimate of drug-likeness (QED) is 0.355. The van der Waals surface area contributed by atoms with Crippen LogP contribution in [-0.4, -0.2) is 23.4 Å². The zero-order valence-electron chi connectivity index (χ0n) is 13.8. The zero-order chi connectivity index (χ0) is 19.1. The molecule has 0 spiro atoms. The molecule has 26 heavy (non-hydrogen) atoms. The number of carbonyl (C=O) groups is 2. The molecular weight excluding hydrogens is 360 g/mol.